The van der Waals surface area contributed by atoms with Crippen molar-refractivity contribution in [2.45, 2.75) is 37.3 Å². The molecule has 2 aliphatic rings. The van der Waals surface area contributed by atoms with Crippen molar-refractivity contribution in [1.82, 2.24) is 4.90 Å². The normalized spacial score (nSPS) is 21.6. The van der Waals surface area contributed by atoms with E-state index in [0.717, 1.165) is 44.3 Å². The standard InChI is InChI=1S/C24H29NO2.U/c1-19-7-5-6-10-22(19)23(20-8-3-2-4-9-20)21-11-15-25(16-12-21)24(26)13-17-27-18-14-24;/h2-8,10,21,23,26H,1,11-18H2;/q-2;+2. The van der Waals surface area contributed by atoms with E-state index in [-0.39, 0.29) is 31.1 Å². The molecule has 2 saturated heterocycles. The van der Waals surface area contributed by atoms with Crippen LogP contribution in [0.4, 0.5) is 0 Å². The molecule has 3 nitrogen and oxygen atoms in total. The number of aliphatic hydroxyl groups is 1. The van der Waals surface area contributed by atoms with Crippen LogP contribution in [0.2, 0.25) is 0 Å². The summed E-state index contributed by atoms with van der Waals surface area (Å²) in [7, 11) is 0. The smallest absolute Gasteiger partial charge is 0.381 e. The minimum absolute atomic E-state index is 0. The van der Waals surface area contributed by atoms with E-state index in [9.17, 15) is 5.11 Å². The minimum atomic E-state index is -0.679. The summed E-state index contributed by atoms with van der Waals surface area (Å²) in [6, 6.07) is 20.3. The van der Waals surface area contributed by atoms with E-state index in [1.807, 2.05) is 12.1 Å². The van der Waals surface area contributed by atoms with Crippen LogP contribution in [-0.4, -0.2) is 42.0 Å². The van der Waals surface area contributed by atoms with Crippen LogP contribution in [0, 0.1) is 50.0 Å². The first-order valence-corrected chi connectivity index (χ1v) is 10.1. The summed E-state index contributed by atoms with van der Waals surface area (Å²) in [4.78, 5) is 2.29. The summed E-state index contributed by atoms with van der Waals surface area (Å²) in [5.74, 6) is 0.845. The molecule has 4 heteroatoms. The van der Waals surface area contributed by atoms with Crippen LogP contribution in [0.3, 0.4) is 0 Å². The topological polar surface area (TPSA) is 32.7 Å². The van der Waals surface area contributed by atoms with E-state index < -0.39 is 5.72 Å². The molecule has 1 unspecified atom stereocenters. The first-order valence-electron chi connectivity index (χ1n) is 10.1. The fourth-order valence-electron chi connectivity index (χ4n) is 4.78. The second-order valence-electron chi connectivity index (χ2n) is 7.91. The van der Waals surface area contributed by atoms with Crippen LogP contribution in [0.5, 0.6) is 0 Å². The summed E-state index contributed by atoms with van der Waals surface area (Å²) in [6.07, 6.45) is 3.58. The van der Waals surface area contributed by atoms with Gasteiger partial charge in [-0.2, -0.15) is 54.4 Å². The number of hydrogen-bond acceptors (Lipinski definition) is 3. The molecule has 28 heavy (non-hydrogen) atoms. The summed E-state index contributed by atoms with van der Waals surface area (Å²) in [5, 5.41) is 11.0. The van der Waals surface area contributed by atoms with Crippen LogP contribution in [0.15, 0.2) is 48.5 Å². The number of benzene rings is 2. The third-order valence-corrected chi connectivity index (χ3v) is 6.35. The van der Waals surface area contributed by atoms with E-state index in [1.165, 1.54) is 11.1 Å². The fourth-order valence-corrected chi connectivity index (χ4v) is 4.78. The Labute approximate surface area is 192 Å². The zero-order valence-corrected chi connectivity index (χ0v) is 20.6. The predicted molar refractivity (Wildman–Crippen MR) is 107 cm³/mol. The third kappa shape index (κ3) is 4.69. The van der Waals surface area contributed by atoms with Crippen LogP contribution in [-0.2, 0) is 4.74 Å². The van der Waals surface area contributed by atoms with Gasteiger partial charge in [-0.25, -0.2) is 0 Å². The summed E-state index contributed by atoms with van der Waals surface area (Å²) < 4.78 is 5.45. The van der Waals surface area contributed by atoms with Gasteiger partial charge in [0.05, 0.1) is 13.2 Å². The van der Waals surface area contributed by atoms with Gasteiger partial charge in [-0.15, -0.1) is 17.7 Å². The molecule has 0 amide bonds. The van der Waals surface area contributed by atoms with Gasteiger partial charge in [-0.05, 0) is 18.8 Å². The zero-order valence-electron chi connectivity index (χ0n) is 16.4. The molecule has 2 aromatic rings. The summed E-state index contributed by atoms with van der Waals surface area (Å²) in [5.41, 5.74) is 2.98. The molecule has 0 bridgehead atoms. The maximum Gasteiger partial charge on any atom is 2.00 e. The average molecular weight is 602 g/mol. The van der Waals surface area contributed by atoms with Crippen molar-refractivity contribution in [3.8, 4) is 0 Å². The molecule has 4 rings (SSSR count). The number of hydrogen-bond donors (Lipinski definition) is 1. The number of piperidine rings is 1. The van der Waals surface area contributed by atoms with Gasteiger partial charge >= 0.3 is 31.1 Å². The maximum absolute atomic E-state index is 11.0. The van der Waals surface area contributed by atoms with Crippen LogP contribution in [0.1, 0.15) is 48.3 Å². The van der Waals surface area contributed by atoms with Crippen LogP contribution in [0.25, 0.3) is 0 Å². The molecule has 2 aliphatic heterocycles. The molecule has 0 radical (unpaired) electrons. The first kappa shape index (κ1) is 21.9. The van der Waals surface area contributed by atoms with Gasteiger partial charge in [-0.3, -0.25) is 4.90 Å². The van der Waals surface area contributed by atoms with Crippen molar-refractivity contribution < 1.29 is 41.0 Å². The van der Waals surface area contributed by atoms with E-state index in [1.54, 1.807) is 0 Å². The second-order valence-corrected chi connectivity index (χ2v) is 7.91. The SMILES string of the molecule is [CH2-]c1ccccc1C(c1[c-]cccc1)C1CCN(C2(O)CCOCC2)CC1.[U+2]. The van der Waals surface area contributed by atoms with Crippen molar-refractivity contribution in [2.75, 3.05) is 26.3 Å². The largest absolute Gasteiger partial charge is 2.00 e. The second kappa shape index (κ2) is 9.83. The Balaban J connectivity index is 0.00000225. The Morgan fingerprint density at radius 3 is 2.39 bits per heavy atom. The van der Waals surface area contributed by atoms with Gasteiger partial charge in [0, 0.05) is 25.9 Å². The molecule has 0 spiro atoms. The minimum Gasteiger partial charge on any atom is -0.381 e. The van der Waals surface area contributed by atoms with E-state index in [0.29, 0.717) is 25.0 Å². The predicted octanol–water partition coefficient (Wildman–Crippen LogP) is 4.01. The average Bonchev–Trinajstić information content (AvgIpc) is 2.71. The molecule has 1 atom stereocenters. The number of rotatable bonds is 4. The molecule has 0 saturated carbocycles. The van der Waals surface area contributed by atoms with Gasteiger partial charge in [0.25, 0.3) is 0 Å². The van der Waals surface area contributed by atoms with Gasteiger partial charge in [0.2, 0.25) is 0 Å². The quantitative estimate of drug-likeness (QED) is 0.538. The van der Waals surface area contributed by atoms with Crippen molar-refractivity contribution in [3.63, 3.8) is 0 Å². The van der Waals surface area contributed by atoms with Gasteiger partial charge in [0.1, 0.15) is 5.72 Å². The molecular formula is C24H29NO2U. The van der Waals surface area contributed by atoms with Crippen LogP contribution < -0.4 is 0 Å². The molecule has 146 valence electrons. The monoisotopic (exact) mass is 601 g/mol. The van der Waals surface area contributed by atoms with E-state index >= 15 is 0 Å². The third-order valence-electron chi connectivity index (χ3n) is 6.35. The Kier molecular flexibility index (Phi) is 7.70. The van der Waals surface area contributed by atoms with Gasteiger partial charge < -0.3 is 9.84 Å². The molecular weight excluding hydrogens is 572 g/mol. The fraction of sp³-hybridized carbons (Fsp3) is 0.458. The molecule has 0 aromatic heterocycles. The van der Waals surface area contributed by atoms with E-state index in [4.69, 9.17) is 4.74 Å². The number of nitrogens with zero attached hydrogens (tertiary/aromatic N) is 1. The van der Waals surface area contributed by atoms with Crippen molar-refractivity contribution >= 4 is 0 Å². The molecule has 1 N–H and O–H groups in total. The summed E-state index contributed by atoms with van der Waals surface area (Å²) >= 11 is 0. The Bertz CT molecular complexity index is 737. The first-order chi connectivity index (χ1) is 13.2. The van der Waals surface area contributed by atoms with E-state index in [2.05, 4.69) is 54.3 Å². The summed E-state index contributed by atoms with van der Waals surface area (Å²) in [6.45, 7) is 7.47. The molecule has 2 aromatic carbocycles. The molecule has 2 heterocycles. The van der Waals surface area contributed by atoms with Gasteiger partial charge in [-0.1, -0.05) is 12.0 Å². The van der Waals surface area contributed by atoms with Crippen molar-refractivity contribution in [3.05, 3.63) is 78.2 Å². The number of ether oxygens (including phenoxy) is 1. The Morgan fingerprint density at radius 1 is 1.07 bits per heavy atom. The van der Waals surface area contributed by atoms with Crippen molar-refractivity contribution in [2.24, 2.45) is 5.92 Å². The maximum atomic E-state index is 11.0. The molecule has 0 aliphatic carbocycles. The Morgan fingerprint density at radius 2 is 1.75 bits per heavy atom. The van der Waals surface area contributed by atoms with Gasteiger partial charge in [0.15, 0.2) is 0 Å². The zero-order chi connectivity index (χ0) is 18.7. The number of likely N-dealkylation sites (tertiary alicyclic amines) is 1. The Hall–Kier alpha value is -0.758. The van der Waals surface area contributed by atoms with Crippen LogP contribution >= 0.6 is 0 Å². The van der Waals surface area contributed by atoms with Crippen molar-refractivity contribution in [1.29, 1.82) is 0 Å². The molecule has 2 fully saturated rings.